The van der Waals surface area contributed by atoms with Crippen LogP contribution in [0.25, 0.3) is 0 Å². The van der Waals surface area contributed by atoms with Crippen LogP contribution in [-0.4, -0.2) is 35.8 Å². The molecule has 1 fully saturated rings. The van der Waals surface area contributed by atoms with Crippen LogP contribution in [0.15, 0.2) is 23.1 Å². The van der Waals surface area contributed by atoms with Crippen LogP contribution >= 0.6 is 11.8 Å². The maximum Gasteiger partial charge on any atom is 0.233 e. The highest BCUT2D eigenvalue weighted by molar-refractivity contribution is 8.00. The number of amides is 1. The molecule has 5 heteroatoms. The van der Waals surface area contributed by atoms with Gasteiger partial charge in [0, 0.05) is 23.2 Å². The zero-order chi connectivity index (χ0) is 14.5. The van der Waals surface area contributed by atoms with Gasteiger partial charge in [-0.3, -0.25) is 4.79 Å². The van der Waals surface area contributed by atoms with Crippen LogP contribution in [0, 0.1) is 0 Å². The number of hydrogen-bond donors (Lipinski definition) is 1. The van der Waals surface area contributed by atoms with E-state index in [1.807, 2.05) is 36.9 Å². The summed E-state index contributed by atoms with van der Waals surface area (Å²) in [6.07, 6.45) is 2.29. The van der Waals surface area contributed by atoms with Gasteiger partial charge in [0.1, 0.15) is 5.75 Å². The van der Waals surface area contributed by atoms with Crippen LogP contribution in [-0.2, 0) is 4.79 Å². The molecule has 1 aromatic rings. The molecule has 2 rings (SSSR count). The third-order valence-corrected chi connectivity index (χ3v) is 4.35. The van der Waals surface area contributed by atoms with Crippen molar-refractivity contribution in [3.63, 3.8) is 0 Å². The summed E-state index contributed by atoms with van der Waals surface area (Å²) in [6, 6.07) is 6.06. The molecule has 0 aliphatic heterocycles. The fourth-order valence-corrected chi connectivity index (χ4v) is 3.02. The standard InChI is InChI=1S/C15H22N2O2S/c1-3-17(11-5-6-11)15(18)10-20-14-9-12(19-4-2)7-8-13(14)16/h7-9,11H,3-6,10,16H2,1-2H3. The molecule has 1 aliphatic carbocycles. The van der Waals surface area contributed by atoms with Gasteiger partial charge in [0.15, 0.2) is 0 Å². The SMILES string of the molecule is CCOc1ccc(N)c(SCC(=O)N(CC)C2CC2)c1. The Bertz CT molecular complexity index is 475. The van der Waals surface area contributed by atoms with Crippen LogP contribution in [0.2, 0.25) is 0 Å². The second-order valence-corrected chi connectivity index (χ2v) is 5.85. The van der Waals surface area contributed by atoms with Gasteiger partial charge in [-0.15, -0.1) is 11.8 Å². The maximum atomic E-state index is 12.2. The van der Waals surface area contributed by atoms with Crippen molar-refractivity contribution in [2.45, 2.75) is 37.6 Å². The number of nitrogens with zero attached hydrogens (tertiary/aromatic N) is 1. The van der Waals surface area contributed by atoms with E-state index in [2.05, 4.69) is 0 Å². The summed E-state index contributed by atoms with van der Waals surface area (Å²) in [5.41, 5.74) is 6.65. The van der Waals surface area contributed by atoms with E-state index in [0.717, 1.165) is 30.0 Å². The van der Waals surface area contributed by atoms with E-state index in [0.29, 0.717) is 24.1 Å². The molecule has 0 unspecified atom stereocenters. The van der Waals surface area contributed by atoms with Crippen molar-refractivity contribution in [1.29, 1.82) is 0 Å². The van der Waals surface area contributed by atoms with Gasteiger partial charge in [0.2, 0.25) is 5.91 Å². The number of rotatable bonds is 7. The van der Waals surface area contributed by atoms with E-state index in [4.69, 9.17) is 10.5 Å². The molecule has 0 radical (unpaired) electrons. The minimum Gasteiger partial charge on any atom is -0.494 e. The zero-order valence-corrected chi connectivity index (χ0v) is 12.9. The Morgan fingerprint density at radius 2 is 2.20 bits per heavy atom. The fourth-order valence-electron chi connectivity index (χ4n) is 2.14. The van der Waals surface area contributed by atoms with E-state index >= 15 is 0 Å². The lowest BCUT2D eigenvalue weighted by Gasteiger charge is -2.20. The molecule has 0 aromatic heterocycles. The Hall–Kier alpha value is -1.36. The lowest BCUT2D eigenvalue weighted by Crippen LogP contribution is -2.34. The Morgan fingerprint density at radius 1 is 1.45 bits per heavy atom. The zero-order valence-electron chi connectivity index (χ0n) is 12.1. The van der Waals surface area contributed by atoms with E-state index in [-0.39, 0.29) is 5.91 Å². The number of benzene rings is 1. The summed E-state index contributed by atoms with van der Waals surface area (Å²) >= 11 is 1.49. The van der Waals surface area contributed by atoms with Crippen LogP contribution in [0.1, 0.15) is 26.7 Å². The lowest BCUT2D eigenvalue weighted by atomic mass is 10.3. The average Bonchev–Trinajstić information content (AvgIpc) is 3.25. The van der Waals surface area contributed by atoms with Crippen LogP contribution < -0.4 is 10.5 Å². The van der Waals surface area contributed by atoms with Gasteiger partial charge in [-0.1, -0.05) is 0 Å². The number of thioether (sulfide) groups is 1. The van der Waals surface area contributed by atoms with Gasteiger partial charge in [-0.05, 0) is 44.9 Å². The van der Waals surface area contributed by atoms with Gasteiger partial charge in [0.25, 0.3) is 0 Å². The van der Waals surface area contributed by atoms with Crippen molar-refractivity contribution in [1.82, 2.24) is 4.90 Å². The molecule has 0 atom stereocenters. The predicted molar refractivity (Wildman–Crippen MR) is 83.2 cm³/mol. The summed E-state index contributed by atoms with van der Waals surface area (Å²) in [5.74, 6) is 1.43. The van der Waals surface area contributed by atoms with Crippen molar-refractivity contribution in [3.05, 3.63) is 18.2 Å². The summed E-state index contributed by atoms with van der Waals surface area (Å²) < 4.78 is 5.46. The summed E-state index contributed by atoms with van der Waals surface area (Å²) in [5, 5.41) is 0. The second-order valence-electron chi connectivity index (χ2n) is 4.83. The number of hydrogen-bond acceptors (Lipinski definition) is 4. The number of nitrogens with two attached hydrogens (primary N) is 1. The Morgan fingerprint density at radius 3 is 2.80 bits per heavy atom. The van der Waals surface area contributed by atoms with E-state index < -0.39 is 0 Å². The number of carbonyl (C=O) groups is 1. The first kappa shape index (κ1) is 15.0. The van der Waals surface area contributed by atoms with Gasteiger partial charge in [0.05, 0.1) is 12.4 Å². The quantitative estimate of drug-likeness (QED) is 0.620. The molecule has 1 amide bonds. The molecule has 110 valence electrons. The molecule has 0 heterocycles. The third-order valence-electron chi connectivity index (χ3n) is 3.30. The third kappa shape index (κ3) is 3.82. The van der Waals surface area contributed by atoms with Crippen molar-refractivity contribution in [3.8, 4) is 5.75 Å². The molecule has 1 aliphatic rings. The normalized spacial score (nSPS) is 14.1. The van der Waals surface area contributed by atoms with Gasteiger partial charge in [-0.25, -0.2) is 0 Å². The largest absolute Gasteiger partial charge is 0.494 e. The van der Waals surface area contributed by atoms with Crippen molar-refractivity contribution in [2.75, 3.05) is 24.6 Å². The minimum atomic E-state index is 0.196. The van der Waals surface area contributed by atoms with Crippen molar-refractivity contribution < 1.29 is 9.53 Å². The molecule has 2 N–H and O–H groups in total. The molecule has 20 heavy (non-hydrogen) atoms. The molecular weight excluding hydrogens is 272 g/mol. The van der Waals surface area contributed by atoms with E-state index in [9.17, 15) is 4.79 Å². The highest BCUT2D eigenvalue weighted by atomic mass is 32.2. The van der Waals surface area contributed by atoms with Crippen molar-refractivity contribution >= 4 is 23.4 Å². The summed E-state index contributed by atoms with van der Waals surface area (Å²) in [4.78, 5) is 15.1. The van der Waals surface area contributed by atoms with Gasteiger partial charge >= 0.3 is 0 Å². The highest BCUT2D eigenvalue weighted by Gasteiger charge is 2.31. The molecule has 0 saturated heterocycles. The molecule has 1 saturated carbocycles. The van der Waals surface area contributed by atoms with Crippen LogP contribution in [0.4, 0.5) is 5.69 Å². The first-order valence-electron chi connectivity index (χ1n) is 7.10. The molecule has 1 aromatic carbocycles. The topological polar surface area (TPSA) is 55.6 Å². The minimum absolute atomic E-state index is 0.196. The predicted octanol–water partition coefficient (Wildman–Crippen LogP) is 2.77. The smallest absolute Gasteiger partial charge is 0.233 e. The Balaban J connectivity index is 1.95. The Labute approximate surface area is 124 Å². The molecule has 4 nitrogen and oxygen atoms in total. The molecular formula is C15H22N2O2S. The number of carbonyl (C=O) groups excluding carboxylic acids is 1. The molecule has 0 spiro atoms. The summed E-state index contributed by atoms with van der Waals surface area (Å²) in [6.45, 7) is 5.39. The number of anilines is 1. The van der Waals surface area contributed by atoms with Crippen molar-refractivity contribution in [2.24, 2.45) is 0 Å². The Kier molecular flexibility index (Phi) is 5.17. The highest BCUT2D eigenvalue weighted by Crippen LogP contribution is 2.31. The lowest BCUT2D eigenvalue weighted by molar-refractivity contribution is -0.128. The number of nitrogen functional groups attached to an aromatic ring is 1. The summed E-state index contributed by atoms with van der Waals surface area (Å²) in [7, 11) is 0. The maximum absolute atomic E-state index is 12.2. The first-order chi connectivity index (χ1) is 9.65. The van der Waals surface area contributed by atoms with Crippen LogP contribution in [0.3, 0.4) is 0 Å². The molecule has 0 bridgehead atoms. The van der Waals surface area contributed by atoms with Gasteiger partial charge in [-0.2, -0.15) is 0 Å². The number of ether oxygens (including phenoxy) is 1. The van der Waals surface area contributed by atoms with Crippen LogP contribution in [0.5, 0.6) is 5.75 Å². The van der Waals surface area contributed by atoms with E-state index in [1.54, 1.807) is 0 Å². The van der Waals surface area contributed by atoms with Gasteiger partial charge < -0.3 is 15.4 Å². The first-order valence-corrected chi connectivity index (χ1v) is 8.08. The second kappa shape index (κ2) is 6.88. The van der Waals surface area contributed by atoms with E-state index in [1.165, 1.54) is 11.8 Å². The monoisotopic (exact) mass is 294 g/mol. The average molecular weight is 294 g/mol. The fraction of sp³-hybridized carbons (Fsp3) is 0.533.